The fraction of sp³-hybridized carbons (Fsp3) is 0.375. The summed E-state index contributed by atoms with van der Waals surface area (Å²) in [4.78, 5) is 17.0. The van der Waals surface area contributed by atoms with Gasteiger partial charge in [0.25, 0.3) is 0 Å². The van der Waals surface area contributed by atoms with Gasteiger partial charge in [-0.05, 0) is 12.1 Å². The number of nitrogens with zero attached hydrogens (tertiary/aromatic N) is 4. The number of hydrazine groups is 1. The van der Waals surface area contributed by atoms with Crippen LogP contribution in [0.25, 0.3) is 5.70 Å². The quantitative estimate of drug-likeness (QED) is 0.712. The number of aliphatic carboxylic acids is 1. The first-order valence-corrected chi connectivity index (χ1v) is 7.82. The van der Waals surface area contributed by atoms with Crippen LogP contribution in [0.5, 0.6) is 5.75 Å². The smallest absolute Gasteiger partial charge is 0.317 e. The molecule has 0 aromatic heterocycles. The largest absolute Gasteiger partial charge is 0.507 e. The van der Waals surface area contributed by atoms with Crippen LogP contribution in [-0.2, 0) is 4.79 Å². The first-order valence-electron chi connectivity index (χ1n) is 7.82. The standard InChI is InChI=1S/C16H21N5O3/c17-15-9-18-13(12-3-1-2-4-14(12)22)10-21(15)20-7-5-19(6-8-20)11-16(23)24/h1-4,9-10,15,22H,5-8,11,17H2,(H,23,24). The number of para-hydroxylation sites is 1. The van der Waals surface area contributed by atoms with Crippen molar-refractivity contribution in [1.82, 2.24) is 14.9 Å². The molecule has 2 aliphatic heterocycles. The molecule has 0 saturated carbocycles. The second-order valence-electron chi connectivity index (χ2n) is 5.80. The van der Waals surface area contributed by atoms with Crippen molar-refractivity contribution >= 4 is 17.9 Å². The third-order valence-corrected chi connectivity index (χ3v) is 4.14. The SMILES string of the molecule is NC1C=NC(c2ccccc2O)=CN1N1CCN(CC(=O)O)CC1. The number of carboxylic acid groups (broad SMARTS) is 1. The molecule has 24 heavy (non-hydrogen) atoms. The van der Waals surface area contributed by atoms with Gasteiger partial charge in [0.15, 0.2) is 0 Å². The molecule has 2 heterocycles. The number of benzene rings is 1. The molecule has 1 aromatic carbocycles. The van der Waals surface area contributed by atoms with Crippen molar-refractivity contribution in [3.8, 4) is 5.75 Å². The van der Waals surface area contributed by atoms with Crippen molar-refractivity contribution < 1.29 is 15.0 Å². The average molecular weight is 331 g/mol. The Kier molecular flexibility index (Phi) is 4.79. The van der Waals surface area contributed by atoms with Crippen LogP contribution in [0.4, 0.5) is 0 Å². The van der Waals surface area contributed by atoms with Crippen LogP contribution in [0.2, 0.25) is 0 Å². The molecular formula is C16H21N5O3. The van der Waals surface area contributed by atoms with E-state index in [4.69, 9.17) is 10.8 Å². The number of aromatic hydroxyl groups is 1. The molecule has 8 nitrogen and oxygen atoms in total. The van der Waals surface area contributed by atoms with E-state index in [0.717, 1.165) is 0 Å². The number of hydrogen-bond acceptors (Lipinski definition) is 7. The molecule has 128 valence electrons. The first-order chi connectivity index (χ1) is 11.5. The summed E-state index contributed by atoms with van der Waals surface area (Å²) in [6, 6.07) is 7.03. The summed E-state index contributed by atoms with van der Waals surface area (Å²) in [5.41, 5.74) is 7.41. The number of hydrogen-bond donors (Lipinski definition) is 3. The van der Waals surface area contributed by atoms with E-state index < -0.39 is 5.97 Å². The van der Waals surface area contributed by atoms with Gasteiger partial charge in [0.2, 0.25) is 0 Å². The lowest BCUT2D eigenvalue weighted by molar-refractivity contribution is -0.139. The van der Waals surface area contributed by atoms with E-state index in [0.29, 0.717) is 37.4 Å². The second kappa shape index (κ2) is 7.00. The Morgan fingerprint density at radius 2 is 1.96 bits per heavy atom. The van der Waals surface area contributed by atoms with Crippen LogP contribution in [0, 0.1) is 0 Å². The van der Waals surface area contributed by atoms with E-state index in [2.05, 4.69) is 10.0 Å². The Morgan fingerprint density at radius 1 is 1.25 bits per heavy atom. The minimum atomic E-state index is -0.813. The zero-order valence-corrected chi connectivity index (χ0v) is 13.2. The zero-order valence-electron chi connectivity index (χ0n) is 13.2. The third-order valence-electron chi connectivity index (χ3n) is 4.14. The van der Waals surface area contributed by atoms with Crippen molar-refractivity contribution in [3.05, 3.63) is 36.0 Å². The average Bonchev–Trinajstić information content (AvgIpc) is 2.56. The molecule has 1 aromatic rings. The predicted octanol–water partition coefficient (Wildman–Crippen LogP) is -0.0210. The molecule has 4 N–H and O–H groups in total. The molecule has 8 heteroatoms. The predicted molar refractivity (Wildman–Crippen MR) is 90.0 cm³/mol. The second-order valence-corrected chi connectivity index (χ2v) is 5.80. The lowest BCUT2D eigenvalue weighted by atomic mass is 10.1. The Bertz CT molecular complexity index is 667. The van der Waals surface area contributed by atoms with Gasteiger partial charge < -0.3 is 15.9 Å². The van der Waals surface area contributed by atoms with Crippen molar-refractivity contribution in [2.24, 2.45) is 10.7 Å². The molecule has 0 amide bonds. The van der Waals surface area contributed by atoms with Crippen molar-refractivity contribution in [1.29, 1.82) is 0 Å². The molecule has 0 radical (unpaired) electrons. The zero-order chi connectivity index (χ0) is 17.1. The highest BCUT2D eigenvalue weighted by molar-refractivity contribution is 5.80. The highest BCUT2D eigenvalue weighted by atomic mass is 16.4. The number of nitrogens with two attached hydrogens (primary N) is 1. The maximum atomic E-state index is 10.8. The van der Waals surface area contributed by atoms with Gasteiger partial charge in [-0.25, -0.2) is 5.01 Å². The highest BCUT2D eigenvalue weighted by Gasteiger charge is 2.26. The Morgan fingerprint density at radius 3 is 2.62 bits per heavy atom. The van der Waals surface area contributed by atoms with Gasteiger partial charge >= 0.3 is 5.97 Å². The van der Waals surface area contributed by atoms with Gasteiger partial charge in [-0.3, -0.25) is 19.7 Å². The molecular weight excluding hydrogens is 310 g/mol. The number of rotatable bonds is 4. The molecule has 1 saturated heterocycles. The number of aliphatic imine (C=N–C) groups is 1. The molecule has 0 bridgehead atoms. The highest BCUT2D eigenvalue weighted by Crippen LogP contribution is 2.28. The van der Waals surface area contributed by atoms with Gasteiger partial charge in [-0.15, -0.1) is 0 Å². The van der Waals surface area contributed by atoms with Crippen LogP contribution in [0.15, 0.2) is 35.5 Å². The molecule has 1 fully saturated rings. The van der Waals surface area contributed by atoms with Crippen LogP contribution in [0.1, 0.15) is 5.56 Å². The fourth-order valence-corrected chi connectivity index (χ4v) is 2.89. The monoisotopic (exact) mass is 331 g/mol. The van der Waals surface area contributed by atoms with E-state index in [1.807, 2.05) is 22.2 Å². The van der Waals surface area contributed by atoms with E-state index in [9.17, 15) is 9.90 Å². The van der Waals surface area contributed by atoms with E-state index in [1.54, 1.807) is 24.4 Å². The van der Waals surface area contributed by atoms with E-state index >= 15 is 0 Å². The summed E-state index contributed by atoms with van der Waals surface area (Å²) in [5.74, 6) is -0.644. The molecule has 3 rings (SSSR count). The topological polar surface area (TPSA) is 106 Å². The van der Waals surface area contributed by atoms with Crippen LogP contribution in [-0.4, -0.2) is 76.2 Å². The number of piperazine rings is 1. The van der Waals surface area contributed by atoms with Crippen LogP contribution >= 0.6 is 0 Å². The van der Waals surface area contributed by atoms with Crippen molar-refractivity contribution in [3.63, 3.8) is 0 Å². The Labute approximate surface area is 140 Å². The Balaban J connectivity index is 1.72. The number of phenols is 1. The fourth-order valence-electron chi connectivity index (χ4n) is 2.89. The molecule has 0 aliphatic carbocycles. The summed E-state index contributed by atoms with van der Waals surface area (Å²) in [6.07, 6.45) is 3.09. The van der Waals surface area contributed by atoms with Gasteiger partial charge in [0, 0.05) is 44.2 Å². The van der Waals surface area contributed by atoms with E-state index in [-0.39, 0.29) is 18.5 Å². The van der Waals surface area contributed by atoms with Gasteiger partial charge in [-0.1, -0.05) is 12.1 Å². The van der Waals surface area contributed by atoms with Crippen molar-refractivity contribution in [2.75, 3.05) is 32.7 Å². The van der Waals surface area contributed by atoms with E-state index in [1.165, 1.54) is 0 Å². The minimum Gasteiger partial charge on any atom is -0.507 e. The summed E-state index contributed by atoms with van der Waals surface area (Å²) in [5, 5.41) is 22.8. The first kappa shape index (κ1) is 16.4. The summed E-state index contributed by atoms with van der Waals surface area (Å²) in [7, 11) is 0. The van der Waals surface area contributed by atoms with Gasteiger partial charge in [0.05, 0.1) is 12.2 Å². The van der Waals surface area contributed by atoms with Crippen LogP contribution in [0.3, 0.4) is 0 Å². The minimum absolute atomic E-state index is 0.0559. The van der Waals surface area contributed by atoms with Crippen molar-refractivity contribution in [2.45, 2.75) is 6.17 Å². The maximum Gasteiger partial charge on any atom is 0.317 e. The summed E-state index contributed by atoms with van der Waals surface area (Å²) >= 11 is 0. The molecule has 1 unspecified atom stereocenters. The number of carboxylic acids is 1. The number of carbonyl (C=O) groups is 1. The molecule has 0 spiro atoms. The molecule has 1 atom stereocenters. The normalized spacial score (nSPS) is 22.5. The maximum absolute atomic E-state index is 10.8. The van der Waals surface area contributed by atoms with Crippen LogP contribution < -0.4 is 5.73 Å². The summed E-state index contributed by atoms with van der Waals surface area (Å²) < 4.78 is 0. The lowest BCUT2D eigenvalue weighted by Gasteiger charge is -2.43. The van der Waals surface area contributed by atoms with Gasteiger partial charge in [-0.2, -0.15) is 0 Å². The third kappa shape index (κ3) is 3.56. The molecule has 2 aliphatic rings. The van der Waals surface area contributed by atoms with Gasteiger partial charge in [0.1, 0.15) is 11.9 Å². The lowest BCUT2D eigenvalue weighted by Crippen LogP contribution is -2.58. The Hall–Kier alpha value is -2.42. The summed E-state index contributed by atoms with van der Waals surface area (Å²) in [6.45, 7) is 2.73. The number of phenolic OH excluding ortho intramolecular Hbond substituents is 1.